The van der Waals surface area contributed by atoms with Crippen LogP contribution >= 0.6 is 0 Å². The molecular weight excluding hydrogens is 184 g/mol. The SMILES string of the molecule is CC(CN)CN1CCC[C@H]2CCCC[C@H]21. The first-order valence-electron chi connectivity index (χ1n) is 6.75. The van der Waals surface area contributed by atoms with Crippen molar-refractivity contribution in [3.63, 3.8) is 0 Å². The summed E-state index contributed by atoms with van der Waals surface area (Å²) in [6.45, 7) is 5.68. The fourth-order valence-corrected chi connectivity index (χ4v) is 3.43. The highest BCUT2D eigenvalue weighted by molar-refractivity contribution is 4.87. The van der Waals surface area contributed by atoms with Crippen LogP contribution in [-0.2, 0) is 0 Å². The van der Waals surface area contributed by atoms with Gasteiger partial charge in [-0.05, 0) is 50.6 Å². The standard InChI is InChI=1S/C13H26N2/c1-11(9-14)10-15-8-4-6-12-5-2-3-7-13(12)15/h11-13H,2-10,14H2,1H3/t11?,12-,13-/m1/s1. The van der Waals surface area contributed by atoms with E-state index in [2.05, 4.69) is 11.8 Å². The van der Waals surface area contributed by atoms with Crippen molar-refractivity contribution in [2.75, 3.05) is 19.6 Å². The molecule has 2 rings (SSSR count). The van der Waals surface area contributed by atoms with E-state index in [9.17, 15) is 0 Å². The zero-order valence-corrected chi connectivity index (χ0v) is 10.1. The van der Waals surface area contributed by atoms with Crippen LogP contribution in [0.2, 0.25) is 0 Å². The molecule has 2 heteroatoms. The van der Waals surface area contributed by atoms with Gasteiger partial charge in [0.1, 0.15) is 0 Å². The maximum Gasteiger partial charge on any atom is 0.0124 e. The van der Waals surface area contributed by atoms with Gasteiger partial charge in [-0.3, -0.25) is 4.90 Å². The summed E-state index contributed by atoms with van der Waals surface area (Å²) in [5.41, 5.74) is 5.73. The van der Waals surface area contributed by atoms with E-state index < -0.39 is 0 Å². The molecule has 1 saturated carbocycles. The highest BCUT2D eigenvalue weighted by atomic mass is 15.2. The van der Waals surface area contributed by atoms with Gasteiger partial charge in [-0.1, -0.05) is 19.8 Å². The van der Waals surface area contributed by atoms with Gasteiger partial charge >= 0.3 is 0 Å². The van der Waals surface area contributed by atoms with Crippen molar-refractivity contribution in [2.45, 2.75) is 51.5 Å². The summed E-state index contributed by atoms with van der Waals surface area (Å²) in [6.07, 6.45) is 8.76. The minimum Gasteiger partial charge on any atom is -0.330 e. The van der Waals surface area contributed by atoms with E-state index in [0.29, 0.717) is 5.92 Å². The molecule has 1 aliphatic carbocycles. The summed E-state index contributed by atoms with van der Waals surface area (Å²) < 4.78 is 0. The molecule has 88 valence electrons. The van der Waals surface area contributed by atoms with E-state index in [1.54, 1.807) is 0 Å². The van der Waals surface area contributed by atoms with Crippen molar-refractivity contribution in [3.05, 3.63) is 0 Å². The quantitative estimate of drug-likeness (QED) is 0.774. The van der Waals surface area contributed by atoms with Crippen LogP contribution in [0.25, 0.3) is 0 Å². The molecule has 0 aromatic heterocycles. The van der Waals surface area contributed by atoms with Crippen LogP contribution in [0.3, 0.4) is 0 Å². The van der Waals surface area contributed by atoms with Gasteiger partial charge in [0.25, 0.3) is 0 Å². The maximum atomic E-state index is 5.73. The second-order valence-electron chi connectivity index (χ2n) is 5.59. The summed E-state index contributed by atoms with van der Waals surface area (Å²) >= 11 is 0. The van der Waals surface area contributed by atoms with Crippen molar-refractivity contribution in [1.29, 1.82) is 0 Å². The first-order valence-corrected chi connectivity index (χ1v) is 6.75. The summed E-state index contributed by atoms with van der Waals surface area (Å²) in [7, 11) is 0. The molecule has 0 aromatic rings. The molecule has 2 aliphatic rings. The molecule has 1 unspecified atom stereocenters. The normalized spacial score (nSPS) is 34.8. The van der Waals surface area contributed by atoms with Gasteiger partial charge in [0.2, 0.25) is 0 Å². The number of fused-ring (bicyclic) bond motifs is 1. The van der Waals surface area contributed by atoms with Gasteiger partial charge < -0.3 is 5.73 Å². The Morgan fingerprint density at radius 3 is 2.73 bits per heavy atom. The van der Waals surface area contributed by atoms with E-state index in [0.717, 1.165) is 18.5 Å². The number of nitrogens with two attached hydrogens (primary N) is 1. The molecule has 0 spiro atoms. The average Bonchev–Trinajstić information content (AvgIpc) is 2.29. The zero-order chi connectivity index (χ0) is 10.7. The Labute approximate surface area is 94.2 Å². The molecule has 2 nitrogen and oxygen atoms in total. The lowest BCUT2D eigenvalue weighted by molar-refractivity contribution is 0.0509. The minimum absolute atomic E-state index is 0.672. The highest BCUT2D eigenvalue weighted by Crippen LogP contribution is 2.35. The average molecular weight is 210 g/mol. The number of piperidine rings is 1. The van der Waals surface area contributed by atoms with E-state index in [1.807, 2.05) is 0 Å². The Kier molecular flexibility index (Phi) is 4.04. The molecule has 0 aromatic carbocycles. The molecule has 2 fully saturated rings. The summed E-state index contributed by atoms with van der Waals surface area (Å²) in [4.78, 5) is 2.74. The van der Waals surface area contributed by atoms with Crippen LogP contribution in [0.5, 0.6) is 0 Å². The van der Waals surface area contributed by atoms with E-state index in [-0.39, 0.29) is 0 Å². The van der Waals surface area contributed by atoms with Crippen molar-refractivity contribution < 1.29 is 0 Å². The molecule has 3 atom stereocenters. The van der Waals surface area contributed by atoms with E-state index in [4.69, 9.17) is 5.73 Å². The van der Waals surface area contributed by atoms with Gasteiger partial charge in [0, 0.05) is 12.6 Å². The largest absolute Gasteiger partial charge is 0.330 e. The fourth-order valence-electron chi connectivity index (χ4n) is 3.43. The Balaban J connectivity index is 1.91. The molecule has 0 bridgehead atoms. The first kappa shape index (κ1) is 11.4. The Hall–Kier alpha value is -0.0800. The molecule has 1 saturated heterocycles. The zero-order valence-electron chi connectivity index (χ0n) is 10.1. The van der Waals surface area contributed by atoms with Crippen LogP contribution in [0.1, 0.15) is 45.4 Å². The lowest BCUT2D eigenvalue weighted by Gasteiger charge is -2.45. The first-order chi connectivity index (χ1) is 7.31. The predicted octanol–water partition coefficient (Wildman–Crippen LogP) is 2.24. The molecule has 0 radical (unpaired) electrons. The fraction of sp³-hybridized carbons (Fsp3) is 1.00. The van der Waals surface area contributed by atoms with E-state index in [1.165, 1.54) is 51.6 Å². The Morgan fingerprint density at radius 1 is 1.20 bits per heavy atom. The van der Waals surface area contributed by atoms with Crippen molar-refractivity contribution in [3.8, 4) is 0 Å². The Morgan fingerprint density at radius 2 is 1.93 bits per heavy atom. The number of rotatable bonds is 3. The van der Waals surface area contributed by atoms with Crippen molar-refractivity contribution in [2.24, 2.45) is 17.6 Å². The van der Waals surface area contributed by atoms with Crippen LogP contribution in [-0.4, -0.2) is 30.6 Å². The van der Waals surface area contributed by atoms with Crippen molar-refractivity contribution in [1.82, 2.24) is 4.90 Å². The third-order valence-corrected chi connectivity index (χ3v) is 4.31. The molecular formula is C13H26N2. The molecule has 1 heterocycles. The van der Waals surface area contributed by atoms with Gasteiger partial charge in [-0.25, -0.2) is 0 Å². The maximum absolute atomic E-state index is 5.73. The number of nitrogens with zero attached hydrogens (tertiary/aromatic N) is 1. The number of hydrogen-bond donors (Lipinski definition) is 1. The van der Waals surface area contributed by atoms with Gasteiger partial charge in [-0.15, -0.1) is 0 Å². The summed E-state index contributed by atoms with van der Waals surface area (Å²) in [5.74, 6) is 1.68. The second kappa shape index (κ2) is 5.31. The van der Waals surface area contributed by atoms with Crippen LogP contribution in [0.4, 0.5) is 0 Å². The third-order valence-electron chi connectivity index (χ3n) is 4.31. The van der Waals surface area contributed by atoms with Gasteiger partial charge in [0.15, 0.2) is 0 Å². The van der Waals surface area contributed by atoms with Gasteiger partial charge in [-0.2, -0.15) is 0 Å². The molecule has 1 aliphatic heterocycles. The smallest absolute Gasteiger partial charge is 0.0124 e. The molecule has 15 heavy (non-hydrogen) atoms. The van der Waals surface area contributed by atoms with Crippen LogP contribution in [0.15, 0.2) is 0 Å². The summed E-state index contributed by atoms with van der Waals surface area (Å²) in [6, 6.07) is 0.904. The number of likely N-dealkylation sites (tertiary alicyclic amines) is 1. The molecule has 0 amide bonds. The predicted molar refractivity (Wildman–Crippen MR) is 64.8 cm³/mol. The van der Waals surface area contributed by atoms with Crippen LogP contribution in [0, 0.1) is 11.8 Å². The minimum atomic E-state index is 0.672. The van der Waals surface area contributed by atoms with Crippen LogP contribution < -0.4 is 5.73 Å². The highest BCUT2D eigenvalue weighted by Gasteiger charge is 2.33. The monoisotopic (exact) mass is 210 g/mol. The van der Waals surface area contributed by atoms with Gasteiger partial charge in [0.05, 0.1) is 0 Å². The molecule has 2 N–H and O–H groups in total. The van der Waals surface area contributed by atoms with Crippen molar-refractivity contribution >= 4 is 0 Å². The third kappa shape index (κ3) is 2.73. The van der Waals surface area contributed by atoms with E-state index >= 15 is 0 Å². The second-order valence-corrected chi connectivity index (χ2v) is 5.59. The lowest BCUT2D eigenvalue weighted by atomic mass is 9.78. The summed E-state index contributed by atoms with van der Waals surface area (Å²) in [5, 5.41) is 0. The number of hydrogen-bond acceptors (Lipinski definition) is 2. The lowest BCUT2D eigenvalue weighted by Crippen LogP contribution is -2.48. The topological polar surface area (TPSA) is 29.3 Å². The Bertz CT molecular complexity index is 191.